The molecule has 176 valence electrons. The van der Waals surface area contributed by atoms with E-state index >= 15 is 0 Å². The molecule has 2 atom stereocenters. The van der Waals surface area contributed by atoms with Gasteiger partial charge in [0, 0.05) is 11.6 Å². The number of hydrogen-bond donors (Lipinski definition) is 4. The van der Waals surface area contributed by atoms with Crippen LogP contribution in [0.3, 0.4) is 0 Å². The van der Waals surface area contributed by atoms with Crippen molar-refractivity contribution in [2.45, 2.75) is 25.9 Å². The van der Waals surface area contributed by atoms with E-state index in [0.29, 0.717) is 29.7 Å². The second-order valence-corrected chi connectivity index (χ2v) is 7.22. The van der Waals surface area contributed by atoms with E-state index in [1.54, 1.807) is 60.7 Å². The molecule has 0 spiro atoms. The summed E-state index contributed by atoms with van der Waals surface area (Å²) < 4.78 is 11.0. The molecule has 0 aliphatic carbocycles. The molecule has 0 heterocycles. The van der Waals surface area contributed by atoms with E-state index in [1.807, 2.05) is 6.92 Å². The summed E-state index contributed by atoms with van der Waals surface area (Å²) in [5.41, 5.74) is 2.54. The second-order valence-electron chi connectivity index (χ2n) is 7.22. The Labute approximate surface area is 192 Å². The minimum absolute atomic E-state index is 0.109. The number of hydroxylamine groups is 1. The van der Waals surface area contributed by atoms with E-state index in [1.165, 1.54) is 11.6 Å². The Morgan fingerprint density at radius 1 is 1.06 bits per heavy atom. The third kappa shape index (κ3) is 8.76. The van der Waals surface area contributed by atoms with E-state index in [0.717, 1.165) is 0 Å². The molecular formula is C24H28N2O7. The molecule has 9 nitrogen and oxygen atoms in total. The minimum atomic E-state index is -0.878. The van der Waals surface area contributed by atoms with Gasteiger partial charge in [0.1, 0.15) is 18.5 Å². The predicted octanol–water partition coefficient (Wildman–Crippen LogP) is 3.14. The molecule has 3 amide bonds. The van der Waals surface area contributed by atoms with E-state index in [9.17, 15) is 14.4 Å². The maximum Gasteiger partial charge on any atom is 0.414 e. The monoisotopic (exact) mass is 456 g/mol. The Kier molecular flexibility index (Phi) is 10.6. The van der Waals surface area contributed by atoms with Crippen molar-refractivity contribution >= 4 is 17.9 Å². The van der Waals surface area contributed by atoms with Gasteiger partial charge in [0.2, 0.25) is 0 Å². The van der Waals surface area contributed by atoms with Crippen molar-refractivity contribution < 1.29 is 34.2 Å². The third-order valence-electron chi connectivity index (χ3n) is 4.74. The number of aliphatic hydroxyl groups is 1. The van der Waals surface area contributed by atoms with Gasteiger partial charge in [-0.3, -0.25) is 20.1 Å². The zero-order valence-electron chi connectivity index (χ0n) is 18.3. The second kappa shape index (κ2) is 13.7. The number of rotatable bonds is 11. The number of ether oxygens (including phenoxy) is 2. The molecule has 0 saturated carbocycles. The first kappa shape index (κ1) is 25.6. The van der Waals surface area contributed by atoms with E-state index in [2.05, 4.69) is 5.32 Å². The SMILES string of the molecule is C[C@H](CC/C=C/C(=O)NO)[C@H](OC(=O)NC(=O)c1ccccc1)c1ccc(OCCO)cc1. The van der Waals surface area contributed by atoms with E-state index < -0.39 is 24.0 Å². The topological polar surface area (TPSA) is 134 Å². The van der Waals surface area contributed by atoms with Crippen molar-refractivity contribution in [3.8, 4) is 5.75 Å². The first-order chi connectivity index (χ1) is 15.9. The Morgan fingerprint density at radius 2 is 1.76 bits per heavy atom. The number of aliphatic hydroxyl groups excluding tert-OH is 1. The lowest BCUT2D eigenvalue weighted by molar-refractivity contribution is -0.124. The zero-order valence-corrected chi connectivity index (χ0v) is 18.3. The number of allylic oxidation sites excluding steroid dienone is 1. The van der Waals surface area contributed by atoms with Crippen molar-refractivity contribution in [3.63, 3.8) is 0 Å². The quantitative estimate of drug-likeness (QED) is 0.232. The third-order valence-corrected chi connectivity index (χ3v) is 4.74. The first-order valence-corrected chi connectivity index (χ1v) is 10.5. The molecule has 0 aliphatic rings. The number of carbonyl (C=O) groups excluding carboxylic acids is 3. The highest BCUT2D eigenvalue weighted by Crippen LogP contribution is 2.31. The van der Waals surface area contributed by atoms with Crippen LogP contribution in [0, 0.1) is 5.92 Å². The molecule has 0 radical (unpaired) electrons. The van der Waals surface area contributed by atoms with Crippen LogP contribution in [0.5, 0.6) is 5.75 Å². The number of imide groups is 1. The fourth-order valence-electron chi connectivity index (χ4n) is 3.07. The maximum absolute atomic E-state index is 12.5. The fraction of sp³-hybridized carbons (Fsp3) is 0.292. The summed E-state index contributed by atoms with van der Waals surface area (Å²) in [6, 6.07) is 15.2. The van der Waals surface area contributed by atoms with Crippen LogP contribution in [-0.2, 0) is 9.53 Å². The summed E-state index contributed by atoms with van der Waals surface area (Å²) in [6.45, 7) is 1.93. The van der Waals surface area contributed by atoms with E-state index in [-0.39, 0.29) is 19.1 Å². The van der Waals surface area contributed by atoms with Crippen LogP contribution in [0.15, 0.2) is 66.7 Å². The molecule has 2 rings (SSSR count). The van der Waals surface area contributed by atoms with Crippen LogP contribution in [0.4, 0.5) is 4.79 Å². The summed E-state index contributed by atoms with van der Waals surface area (Å²) in [4.78, 5) is 35.9. The molecule has 9 heteroatoms. The Balaban J connectivity index is 2.10. The highest BCUT2D eigenvalue weighted by molar-refractivity contribution is 6.02. The number of nitrogens with one attached hydrogen (secondary N) is 2. The number of carbonyl (C=O) groups is 3. The zero-order chi connectivity index (χ0) is 24.1. The van der Waals surface area contributed by atoms with Crippen LogP contribution in [-0.4, -0.2) is 41.4 Å². The van der Waals surface area contributed by atoms with Crippen molar-refractivity contribution in [1.29, 1.82) is 0 Å². The van der Waals surface area contributed by atoms with Gasteiger partial charge in [-0.1, -0.05) is 43.3 Å². The molecule has 2 aromatic rings. The normalized spacial score (nSPS) is 12.6. The molecule has 0 bridgehead atoms. The van der Waals surface area contributed by atoms with Crippen LogP contribution in [0.2, 0.25) is 0 Å². The first-order valence-electron chi connectivity index (χ1n) is 10.5. The van der Waals surface area contributed by atoms with Crippen LogP contribution >= 0.6 is 0 Å². The molecular weight excluding hydrogens is 428 g/mol. The Morgan fingerprint density at radius 3 is 2.39 bits per heavy atom. The Bertz CT molecular complexity index is 930. The fourth-order valence-corrected chi connectivity index (χ4v) is 3.07. The molecule has 33 heavy (non-hydrogen) atoms. The van der Waals surface area contributed by atoms with Gasteiger partial charge in [-0.05, 0) is 48.6 Å². The standard InChI is InChI=1S/C24H28N2O7/c1-17(7-5-6-10-21(28)26-31)22(18-11-13-20(14-12-18)32-16-15-27)33-24(30)25-23(29)19-8-3-2-4-9-19/h2-4,6,8-14,17,22,27,31H,5,7,15-16H2,1H3,(H,26,28)(H,25,29,30)/b10-6+/t17-,22+/m1/s1. The molecule has 0 aromatic heterocycles. The van der Waals surface area contributed by atoms with Gasteiger partial charge in [0.05, 0.1) is 6.61 Å². The molecule has 0 fully saturated rings. The summed E-state index contributed by atoms with van der Waals surface area (Å²) >= 11 is 0. The van der Waals surface area contributed by atoms with Crippen LogP contribution in [0.1, 0.15) is 41.8 Å². The average molecular weight is 456 g/mol. The summed E-state index contributed by atoms with van der Waals surface area (Å²) in [5.74, 6) is -0.820. The van der Waals surface area contributed by atoms with Gasteiger partial charge < -0.3 is 14.6 Å². The molecule has 0 aliphatic heterocycles. The maximum atomic E-state index is 12.5. The minimum Gasteiger partial charge on any atom is -0.491 e. The smallest absolute Gasteiger partial charge is 0.414 e. The predicted molar refractivity (Wildman–Crippen MR) is 120 cm³/mol. The van der Waals surface area contributed by atoms with Gasteiger partial charge in [-0.25, -0.2) is 10.3 Å². The molecule has 2 aromatic carbocycles. The van der Waals surface area contributed by atoms with Crippen molar-refractivity contribution in [3.05, 3.63) is 77.9 Å². The lowest BCUT2D eigenvalue weighted by Crippen LogP contribution is -2.33. The van der Waals surface area contributed by atoms with Gasteiger partial charge in [0.25, 0.3) is 11.8 Å². The molecule has 4 N–H and O–H groups in total. The van der Waals surface area contributed by atoms with Gasteiger partial charge in [-0.15, -0.1) is 0 Å². The van der Waals surface area contributed by atoms with Crippen molar-refractivity contribution in [2.75, 3.05) is 13.2 Å². The Hall–Kier alpha value is -3.69. The lowest BCUT2D eigenvalue weighted by atomic mass is 9.93. The lowest BCUT2D eigenvalue weighted by Gasteiger charge is -2.24. The number of amides is 3. The highest BCUT2D eigenvalue weighted by atomic mass is 16.6. The van der Waals surface area contributed by atoms with Crippen LogP contribution < -0.4 is 15.5 Å². The summed E-state index contributed by atoms with van der Waals surface area (Å²) in [7, 11) is 0. The molecule has 0 saturated heterocycles. The number of hydrogen-bond acceptors (Lipinski definition) is 7. The number of benzene rings is 2. The number of alkyl carbamates (subject to hydrolysis) is 1. The summed E-state index contributed by atoms with van der Waals surface area (Å²) in [5, 5.41) is 19.7. The van der Waals surface area contributed by atoms with E-state index in [4.69, 9.17) is 19.8 Å². The highest BCUT2D eigenvalue weighted by Gasteiger charge is 2.24. The molecule has 0 unspecified atom stereocenters. The summed E-state index contributed by atoms with van der Waals surface area (Å²) in [6.07, 6.45) is 2.31. The van der Waals surface area contributed by atoms with Gasteiger partial charge in [0.15, 0.2) is 0 Å². The van der Waals surface area contributed by atoms with Crippen LogP contribution in [0.25, 0.3) is 0 Å². The average Bonchev–Trinajstić information content (AvgIpc) is 2.84. The van der Waals surface area contributed by atoms with Gasteiger partial charge in [-0.2, -0.15) is 0 Å². The van der Waals surface area contributed by atoms with Crippen molar-refractivity contribution in [1.82, 2.24) is 10.8 Å². The van der Waals surface area contributed by atoms with Gasteiger partial charge >= 0.3 is 6.09 Å². The largest absolute Gasteiger partial charge is 0.491 e. The van der Waals surface area contributed by atoms with Crippen molar-refractivity contribution in [2.24, 2.45) is 5.92 Å².